The number of carbonyl (C=O) groups excluding carboxylic acids is 1. The highest BCUT2D eigenvalue weighted by atomic mass is 32.1. The summed E-state index contributed by atoms with van der Waals surface area (Å²) in [6.45, 7) is 3.32. The van der Waals surface area contributed by atoms with Crippen LogP contribution in [0.1, 0.15) is 28.5 Å². The number of aryl methyl sites for hydroxylation is 1. The molecule has 2 aromatic rings. The van der Waals surface area contributed by atoms with Crippen LogP contribution in [0, 0.1) is 6.92 Å². The first-order chi connectivity index (χ1) is 9.52. The lowest BCUT2D eigenvalue weighted by Crippen LogP contribution is -2.12. The van der Waals surface area contributed by atoms with Crippen molar-refractivity contribution in [3.05, 3.63) is 40.4 Å². The summed E-state index contributed by atoms with van der Waals surface area (Å²) in [6, 6.07) is 4.95. The molecule has 1 heterocycles. The van der Waals surface area contributed by atoms with Crippen molar-refractivity contribution in [3.63, 3.8) is 0 Å². The van der Waals surface area contributed by atoms with Crippen LogP contribution in [-0.2, 0) is 0 Å². The lowest BCUT2D eigenvalue weighted by Gasteiger charge is -2.06. The van der Waals surface area contributed by atoms with E-state index in [1.165, 1.54) is 17.4 Å². The normalized spacial score (nSPS) is 11.4. The highest BCUT2D eigenvalue weighted by Gasteiger charge is 2.14. The van der Waals surface area contributed by atoms with Crippen molar-refractivity contribution in [2.75, 3.05) is 5.32 Å². The van der Waals surface area contributed by atoms with Crippen molar-refractivity contribution in [1.82, 2.24) is 4.98 Å². The number of aromatic hydroxyl groups is 1. The van der Waals surface area contributed by atoms with Crippen LogP contribution in [0.2, 0.25) is 0 Å². The second-order valence-corrected chi connectivity index (χ2v) is 5.01. The Morgan fingerprint density at radius 3 is 2.90 bits per heavy atom. The molecule has 2 rings (SSSR count). The smallest absolute Gasteiger partial charge is 0.261 e. The van der Waals surface area contributed by atoms with Crippen LogP contribution in [-0.4, -0.2) is 26.9 Å². The molecule has 104 valence electrons. The number of anilines is 1. The number of benzene rings is 1. The number of thiazole rings is 1. The molecule has 1 amide bonds. The zero-order valence-electron chi connectivity index (χ0n) is 10.9. The molecule has 1 aromatic carbocycles. The van der Waals surface area contributed by atoms with Crippen molar-refractivity contribution < 1.29 is 15.1 Å². The number of amides is 1. The van der Waals surface area contributed by atoms with Gasteiger partial charge in [-0.3, -0.25) is 10.1 Å². The number of carbonyl (C=O) groups is 1. The van der Waals surface area contributed by atoms with Gasteiger partial charge >= 0.3 is 0 Å². The summed E-state index contributed by atoms with van der Waals surface area (Å²) in [6.07, 6.45) is 0. The summed E-state index contributed by atoms with van der Waals surface area (Å²) in [5.74, 6) is -0.486. The quantitative estimate of drug-likeness (QED) is 0.460. The zero-order chi connectivity index (χ0) is 14.7. The van der Waals surface area contributed by atoms with Crippen LogP contribution in [0.3, 0.4) is 0 Å². The van der Waals surface area contributed by atoms with Crippen molar-refractivity contribution in [3.8, 4) is 5.75 Å². The summed E-state index contributed by atoms with van der Waals surface area (Å²) < 4.78 is 0. The van der Waals surface area contributed by atoms with E-state index < -0.39 is 5.91 Å². The molecule has 1 aromatic heterocycles. The largest absolute Gasteiger partial charge is 0.507 e. The fourth-order valence-electron chi connectivity index (χ4n) is 1.56. The van der Waals surface area contributed by atoms with Gasteiger partial charge in [0.1, 0.15) is 17.2 Å². The monoisotopic (exact) mass is 291 g/mol. The number of oxime groups is 1. The topological polar surface area (TPSA) is 94.8 Å². The molecule has 0 atom stereocenters. The van der Waals surface area contributed by atoms with Gasteiger partial charge in [-0.1, -0.05) is 17.3 Å². The van der Waals surface area contributed by atoms with E-state index in [4.69, 9.17) is 5.21 Å². The Bertz CT molecular complexity index is 679. The number of para-hydroxylation sites is 1. The van der Waals surface area contributed by atoms with Gasteiger partial charge in [-0.05, 0) is 25.5 Å². The number of hydrogen-bond acceptors (Lipinski definition) is 6. The predicted octanol–water partition coefficient (Wildman–Crippen LogP) is 2.61. The van der Waals surface area contributed by atoms with Gasteiger partial charge in [0.25, 0.3) is 5.91 Å². The maximum Gasteiger partial charge on any atom is 0.261 e. The first-order valence-electron chi connectivity index (χ1n) is 5.77. The van der Waals surface area contributed by atoms with E-state index in [0.29, 0.717) is 22.1 Å². The minimum atomic E-state index is -0.439. The van der Waals surface area contributed by atoms with Crippen molar-refractivity contribution in [2.24, 2.45) is 5.16 Å². The Labute approximate surface area is 119 Å². The minimum absolute atomic E-state index is 0.0464. The van der Waals surface area contributed by atoms with Crippen LogP contribution in [0.25, 0.3) is 0 Å². The standard InChI is InChI=1S/C13H13N3O3S/c1-7-4-3-5-9(11(7)17)12(18)15-13-14-10(6-20-13)8(2)16-19/h3-6,17,19H,1-2H3,(H,14,15,18). The highest BCUT2D eigenvalue weighted by Crippen LogP contribution is 2.23. The Morgan fingerprint density at radius 2 is 2.20 bits per heavy atom. The Hall–Kier alpha value is -2.41. The van der Waals surface area contributed by atoms with Crippen molar-refractivity contribution in [1.29, 1.82) is 0 Å². The number of aromatic nitrogens is 1. The van der Waals surface area contributed by atoms with E-state index >= 15 is 0 Å². The Balaban J connectivity index is 2.20. The third-order valence-corrected chi connectivity index (χ3v) is 3.49. The van der Waals surface area contributed by atoms with Gasteiger partial charge in [-0.15, -0.1) is 11.3 Å². The maximum absolute atomic E-state index is 12.1. The molecule has 3 N–H and O–H groups in total. The number of nitrogens with zero attached hydrogens (tertiary/aromatic N) is 2. The number of phenolic OH excluding ortho intramolecular Hbond substituents is 1. The molecule has 0 spiro atoms. The molecule has 0 bridgehead atoms. The molecule has 7 heteroatoms. The van der Waals surface area contributed by atoms with Crippen molar-refractivity contribution in [2.45, 2.75) is 13.8 Å². The number of phenols is 1. The average Bonchev–Trinajstić information content (AvgIpc) is 2.89. The maximum atomic E-state index is 12.1. The molecule has 0 radical (unpaired) electrons. The number of hydrogen-bond donors (Lipinski definition) is 3. The van der Waals surface area contributed by atoms with E-state index in [9.17, 15) is 9.90 Å². The predicted molar refractivity (Wildman–Crippen MR) is 76.9 cm³/mol. The third-order valence-electron chi connectivity index (χ3n) is 2.73. The van der Waals surface area contributed by atoms with Gasteiger partial charge in [0.05, 0.1) is 5.56 Å². The van der Waals surface area contributed by atoms with Gasteiger partial charge < -0.3 is 10.3 Å². The Morgan fingerprint density at radius 1 is 1.45 bits per heavy atom. The molecule has 0 saturated heterocycles. The van der Waals surface area contributed by atoms with E-state index in [-0.39, 0.29) is 11.3 Å². The molecule has 0 unspecified atom stereocenters. The lowest BCUT2D eigenvalue weighted by atomic mass is 10.1. The van der Waals surface area contributed by atoms with Crippen LogP contribution in [0.15, 0.2) is 28.7 Å². The minimum Gasteiger partial charge on any atom is -0.507 e. The lowest BCUT2D eigenvalue weighted by molar-refractivity contribution is 0.102. The Kier molecular flexibility index (Phi) is 3.99. The first-order valence-corrected chi connectivity index (χ1v) is 6.65. The van der Waals surface area contributed by atoms with E-state index in [0.717, 1.165) is 0 Å². The van der Waals surface area contributed by atoms with E-state index in [1.54, 1.807) is 31.4 Å². The SMILES string of the molecule is CC(=NO)c1csc(NC(=O)c2cccc(C)c2O)n1. The van der Waals surface area contributed by atoms with Gasteiger partial charge in [-0.2, -0.15) is 0 Å². The molecular formula is C13H13N3O3S. The molecule has 0 aliphatic carbocycles. The fourth-order valence-corrected chi connectivity index (χ4v) is 2.30. The molecule has 20 heavy (non-hydrogen) atoms. The van der Waals surface area contributed by atoms with Crippen LogP contribution in [0.4, 0.5) is 5.13 Å². The van der Waals surface area contributed by atoms with E-state index in [2.05, 4.69) is 15.5 Å². The second kappa shape index (κ2) is 5.70. The van der Waals surface area contributed by atoms with Crippen LogP contribution < -0.4 is 5.32 Å². The molecular weight excluding hydrogens is 278 g/mol. The molecule has 0 aliphatic heterocycles. The second-order valence-electron chi connectivity index (χ2n) is 4.15. The van der Waals surface area contributed by atoms with Crippen molar-refractivity contribution >= 4 is 28.1 Å². The van der Waals surface area contributed by atoms with Gasteiger partial charge in [0.15, 0.2) is 5.13 Å². The van der Waals surface area contributed by atoms with E-state index in [1.807, 2.05) is 0 Å². The van der Waals surface area contributed by atoms with Crippen LogP contribution >= 0.6 is 11.3 Å². The highest BCUT2D eigenvalue weighted by molar-refractivity contribution is 7.14. The molecule has 0 aliphatic rings. The van der Waals surface area contributed by atoms with Crippen LogP contribution in [0.5, 0.6) is 5.75 Å². The molecule has 0 saturated carbocycles. The summed E-state index contributed by atoms with van der Waals surface area (Å²) in [5.41, 5.74) is 1.66. The third kappa shape index (κ3) is 2.77. The summed E-state index contributed by atoms with van der Waals surface area (Å²) >= 11 is 1.21. The summed E-state index contributed by atoms with van der Waals surface area (Å²) in [5, 5.41) is 26.2. The molecule has 0 fully saturated rings. The molecule has 6 nitrogen and oxygen atoms in total. The first kappa shape index (κ1) is 14.0. The van der Waals surface area contributed by atoms with Gasteiger partial charge in [-0.25, -0.2) is 4.98 Å². The average molecular weight is 291 g/mol. The number of rotatable bonds is 3. The zero-order valence-corrected chi connectivity index (χ0v) is 11.7. The fraction of sp³-hybridized carbons (Fsp3) is 0.154. The summed E-state index contributed by atoms with van der Waals surface area (Å²) in [7, 11) is 0. The van der Waals surface area contributed by atoms with Gasteiger partial charge in [0, 0.05) is 5.38 Å². The summed E-state index contributed by atoms with van der Waals surface area (Å²) in [4.78, 5) is 16.2. The number of nitrogens with one attached hydrogen (secondary N) is 1. The van der Waals surface area contributed by atoms with Gasteiger partial charge in [0.2, 0.25) is 0 Å².